The number of hydrogen-bond acceptors (Lipinski definition) is 4. The van der Waals surface area contributed by atoms with Crippen LogP contribution in [0.1, 0.15) is 6.42 Å². The first kappa shape index (κ1) is 12.6. The van der Waals surface area contributed by atoms with E-state index in [0.717, 1.165) is 6.07 Å². The van der Waals surface area contributed by atoms with Crippen LogP contribution in [0.5, 0.6) is 5.75 Å². The van der Waals surface area contributed by atoms with E-state index in [9.17, 15) is 12.8 Å². The first-order chi connectivity index (χ1) is 7.87. The zero-order chi connectivity index (χ0) is 12.6. The van der Waals surface area contributed by atoms with Gasteiger partial charge in [-0.15, -0.1) is 0 Å². The van der Waals surface area contributed by atoms with Gasteiger partial charge in [-0.25, -0.2) is 12.8 Å². The zero-order valence-corrected chi connectivity index (χ0v) is 11.2. The van der Waals surface area contributed by atoms with Crippen LogP contribution in [-0.4, -0.2) is 26.0 Å². The summed E-state index contributed by atoms with van der Waals surface area (Å²) in [6.07, 6.45) is 0.0232. The Morgan fingerprint density at radius 2 is 2.18 bits per heavy atom. The lowest BCUT2D eigenvalue weighted by molar-refractivity contribution is 0.228. The number of nitrogens with two attached hydrogens (primary N) is 1. The van der Waals surface area contributed by atoms with Gasteiger partial charge in [-0.05, 0) is 28.4 Å². The molecule has 0 spiro atoms. The molecule has 1 aliphatic heterocycles. The van der Waals surface area contributed by atoms with Gasteiger partial charge in [0, 0.05) is 6.07 Å². The van der Waals surface area contributed by atoms with E-state index in [1.165, 1.54) is 6.07 Å². The third-order valence-corrected chi connectivity index (χ3v) is 4.84. The second-order valence-corrected chi connectivity index (χ2v) is 7.03. The molecule has 1 fully saturated rings. The van der Waals surface area contributed by atoms with Crippen molar-refractivity contribution < 1.29 is 17.5 Å². The SMILES string of the molecule is Nc1cc(F)cc(Br)c1OC1CCS(=O)(=O)C1. The summed E-state index contributed by atoms with van der Waals surface area (Å²) < 4.78 is 41.4. The fraction of sp³-hybridized carbons (Fsp3) is 0.400. The van der Waals surface area contributed by atoms with Crippen LogP contribution in [0.3, 0.4) is 0 Å². The predicted octanol–water partition coefficient (Wildman–Crippen LogP) is 1.74. The van der Waals surface area contributed by atoms with Crippen LogP contribution in [0.2, 0.25) is 0 Å². The molecule has 2 rings (SSSR count). The Kier molecular flexibility index (Phi) is 3.31. The zero-order valence-electron chi connectivity index (χ0n) is 8.82. The molecule has 0 aromatic heterocycles. The lowest BCUT2D eigenvalue weighted by atomic mass is 10.2. The Morgan fingerprint density at radius 3 is 2.71 bits per heavy atom. The summed E-state index contributed by atoms with van der Waals surface area (Å²) in [5.74, 6) is -0.0682. The van der Waals surface area contributed by atoms with Crippen LogP contribution in [0.15, 0.2) is 16.6 Å². The normalized spacial score (nSPS) is 22.6. The molecule has 4 nitrogen and oxygen atoms in total. The van der Waals surface area contributed by atoms with Gasteiger partial charge in [0.2, 0.25) is 0 Å². The Morgan fingerprint density at radius 1 is 1.47 bits per heavy atom. The number of hydrogen-bond donors (Lipinski definition) is 1. The number of nitrogen functional groups attached to an aromatic ring is 1. The maximum absolute atomic E-state index is 13.0. The molecule has 17 heavy (non-hydrogen) atoms. The first-order valence-electron chi connectivity index (χ1n) is 4.99. The standard InChI is InChI=1S/C10H11BrFNO3S/c11-8-3-6(12)4-9(13)10(8)16-7-1-2-17(14,15)5-7/h3-4,7H,1-2,5,13H2. The Balaban J connectivity index is 2.20. The number of ether oxygens (including phenoxy) is 1. The van der Waals surface area contributed by atoms with E-state index >= 15 is 0 Å². The smallest absolute Gasteiger partial charge is 0.157 e. The molecular formula is C10H11BrFNO3S. The van der Waals surface area contributed by atoms with Crippen molar-refractivity contribution in [1.82, 2.24) is 0 Å². The molecule has 1 aliphatic rings. The van der Waals surface area contributed by atoms with E-state index < -0.39 is 21.8 Å². The lowest BCUT2D eigenvalue weighted by Crippen LogP contribution is -2.18. The van der Waals surface area contributed by atoms with Crippen molar-refractivity contribution in [1.29, 1.82) is 0 Å². The van der Waals surface area contributed by atoms with Crippen molar-refractivity contribution in [3.63, 3.8) is 0 Å². The minimum atomic E-state index is -3.00. The van der Waals surface area contributed by atoms with Crippen LogP contribution in [0, 0.1) is 5.82 Å². The number of rotatable bonds is 2. The van der Waals surface area contributed by atoms with E-state index in [-0.39, 0.29) is 17.2 Å². The quantitative estimate of drug-likeness (QED) is 0.842. The molecule has 7 heteroatoms. The van der Waals surface area contributed by atoms with Crippen molar-refractivity contribution in [2.75, 3.05) is 17.2 Å². The molecule has 1 aromatic rings. The average Bonchev–Trinajstić information content (AvgIpc) is 2.52. The highest BCUT2D eigenvalue weighted by Crippen LogP contribution is 2.34. The maximum atomic E-state index is 13.0. The molecule has 1 unspecified atom stereocenters. The number of anilines is 1. The molecular weight excluding hydrogens is 313 g/mol. The molecule has 2 N–H and O–H groups in total. The Bertz CT molecular complexity index is 523. The molecule has 0 bridgehead atoms. The largest absolute Gasteiger partial charge is 0.486 e. The van der Waals surface area contributed by atoms with Crippen LogP contribution < -0.4 is 10.5 Å². The van der Waals surface area contributed by atoms with Gasteiger partial charge in [0.25, 0.3) is 0 Å². The first-order valence-corrected chi connectivity index (χ1v) is 7.60. The van der Waals surface area contributed by atoms with E-state index in [2.05, 4.69) is 15.9 Å². The molecule has 0 radical (unpaired) electrons. The highest BCUT2D eigenvalue weighted by Gasteiger charge is 2.30. The van der Waals surface area contributed by atoms with Gasteiger partial charge in [0.15, 0.2) is 15.6 Å². The highest BCUT2D eigenvalue weighted by atomic mass is 79.9. The number of sulfone groups is 1. The van der Waals surface area contributed by atoms with Crippen molar-refractivity contribution in [3.05, 3.63) is 22.4 Å². The molecule has 0 amide bonds. The van der Waals surface area contributed by atoms with Gasteiger partial charge >= 0.3 is 0 Å². The fourth-order valence-corrected chi connectivity index (χ4v) is 3.86. The van der Waals surface area contributed by atoms with Gasteiger partial charge < -0.3 is 10.5 Å². The predicted molar refractivity (Wildman–Crippen MR) is 66.2 cm³/mol. The van der Waals surface area contributed by atoms with Crippen molar-refractivity contribution in [2.45, 2.75) is 12.5 Å². The van der Waals surface area contributed by atoms with Crippen molar-refractivity contribution in [2.24, 2.45) is 0 Å². The molecule has 1 atom stereocenters. The van der Waals surface area contributed by atoms with Crippen LogP contribution in [0.4, 0.5) is 10.1 Å². The molecule has 0 aliphatic carbocycles. The Labute approximate surface area is 107 Å². The van der Waals surface area contributed by atoms with Crippen LogP contribution in [0.25, 0.3) is 0 Å². The summed E-state index contributed by atoms with van der Waals surface area (Å²) in [6, 6.07) is 2.37. The fourth-order valence-electron chi connectivity index (χ4n) is 1.73. The Hall–Kier alpha value is -0.820. The van der Waals surface area contributed by atoms with Gasteiger partial charge in [-0.1, -0.05) is 0 Å². The van der Waals surface area contributed by atoms with Crippen molar-refractivity contribution >= 4 is 31.5 Å². The van der Waals surface area contributed by atoms with E-state index in [4.69, 9.17) is 10.5 Å². The summed E-state index contributed by atoms with van der Waals surface area (Å²) in [7, 11) is -3.00. The van der Waals surface area contributed by atoms with Crippen LogP contribution in [-0.2, 0) is 9.84 Å². The van der Waals surface area contributed by atoms with E-state index in [1.54, 1.807) is 0 Å². The lowest BCUT2D eigenvalue weighted by Gasteiger charge is -2.15. The second kappa shape index (κ2) is 4.45. The second-order valence-electron chi connectivity index (χ2n) is 3.95. The summed E-state index contributed by atoms with van der Waals surface area (Å²) in [4.78, 5) is 0. The maximum Gasteiger partial charge on any atom is 0.157 e. The summed E-state index contributed by atoms with van der Waals surface area (Å²) in [5, 5.41) is 0. The van der Waals surface area contributed by atoms with Crippen molar-refractivity contribution in [3.8, 4) is 5.75 Å². The monoisotopic (exact) mass is 323 g/mol. The van der Waals surface area contributed by atoms with Gasteiger partial charge in [0.1, 0.15) is 11.9 Å². The van der Waals surface area contributed by atoms with Gasteiger partial charge in [0.05, 0.1) is 21.7 Å². The summed E-state index contributed by atoms with van der Waals surface area (Å²) >= 11 is 3.14. The number of benzene rings is 1. The third-order valence-electron chi connectivity index (χ3n) is 2.51. The minimum absolute atomic E-state index is 0.0176. The summed E-state index contributed by atoms with van der Waals surface area (Å²) in [6.45, 7) is 0. The van der Waals surface area contributed by atoms with Gasteiger partial charge in [-0.2, -0.15) is 0 Å². The molecule has 94 valence electrons. The average molecular weight is 324 g/mol. The van der Waals surface area contributed by atoms with Gasteiger partial charge in [-0.3, -0.25) is 0 Å². The highest BCUT2D eigenvalue weighted by molar-refractivity contribution is 9.10. The van der Waals surface area contributed by atoms with E-state index in [1.807, 2.05) is 0 Å². The van der Waals surface area contributed by atoms with Crippen LogP contribution >= 0.6 is 15.9 Å². The molecule has 1 saturated heterocycles. The minimum Gasteiger partial charge on any atom is -0.486 e. The number of halogens is 2. The molecule has 0 saturated carbocycles. The molecule has 1 heterocycles. The third kappa shape index (κ3) is 2.90. The topological polar surface area (TPSA) is 69.4 Å². The molecule has 1 aromatic carbocycles. The summed E-state index contributed by atoms with van der Waals surface area (Å²) in [5.41, 5.74) is 5.78. The van der Waals surface area contributed by atoms with E-state index in [0.29, 0.717) is 16.6 Å².